The van der Waals surface area contributed by atoms with Crippen LogP contribution < -0.4 is 0 Å². The van der Waals surface area contributed by atoms with E-state index in [1.165, 1.54) is 0 Å². The molecule has 0 aliphatic carbocycles. The van der Waals surface area contributed by atoms with Crippen LogP contribution in [0, 0.1) is 23.7 Å². The fourth-order valence-corrected chi connectivity index (χ4v) is 2.43. The third kappa shape index (κ3) is 8.37. The highest BCUT2D eigenvalue weighted by Crippen LogP contribution is 2.36. The Kier molecular flexibility index (Phi) is 8.80. The summed E-state index contributed by atoms with van der Waals surface area (Å²) in [6.45, 7) is 16.3. The molecule has 0 rings (SSSR count). The van der Waals surface area contributed by atoms with E-state index >= 15 is 0 Å². The molecule has 4 heteroatoms. The molecular formula is C16H30O3P+. The van der Waals surface area contributed by atoms with E-state index in [-0.39, 0.29) is 11.8 Å². The molecule has 0 unspecified atom stereocenters. The van der Waals surface area contributed by atoms with E-state index in [0.717, 1.165) is 11.5 Å². The molecule has 0 saturated heterocycles. The molecule has 0 fully saturated rings. The molecule has 0 saturated carbocycles. The lowest BCUT2D eigenvalue weighted by atomic mass is 10.1. The summed E-state index contributed by atoms with van der Waals surface area (Å²) in [7, 11) is -2.17. The molecular weight excluding hydrogens is 271 g/mol. The van der Waals surface area contributed by atoms with Crippen molar-refractivity contribution in [1.29, 1.82) is 0 Å². The minimum atomic E-state index is -2.17. The monoisotopic (exact) mass is 301 g/mol. The third-order valence-electron chi connectivity index (χ3n) is 2.49. The second-order valence-corrected chi connectivity index (χ2v) is 7.15. The molecule has 0 aromatic carbocycles. The van der Waals surface area contributed by atoms with Gasteiger partial charge >= 0.3 is 8.25 Å². The van der Waals surface area contributed by atoms with Crippen molar-refractivity contribution in [2.24, 2.45) is 23.7 Å². The van der Waals surface area contributed by atoms with Gasteiger partial charge in [0.1, 0.15) is 0 Å². The Morgan fingerprint density at radius 3 is 1.25 bits per heavy atom. The molecule has 0 atom stereocenters. The SMILES string of the molecule is CC(C)C=C(O[P+](=O)OC(=CC(C)C)C(C)C)C(C)C. The molecule has 3 nitrogen and oxygen atoms in total. The highest BCUT2D eigenvalue weighted by atomic mass is 31.1. The van der Waals surface area contributed by atoms with Crippen LogP contribution in [0.2, 0.25) is 0 Å². The Labute approximate surface area is 125 Å². The van der Waals surface area contributed by atoms with Crippen molar-refractivity contribution >= 4 is 8.25 Å². The van der Waals surface area contributed by atoms with Gasteiger partial charge in [-0.3, -0.25) is 0 Å². The number of hydrogen-bond donors (Lipinski definition) is 0. The highest BCUT2D eigenvalue weighted by molar-refractivity contribution is 7.33. The standard InChI is InChI=1S/C16H30O3P/c1-11(2)9-15(13(5)6)18-20(17)19-16(14(7)8)10-12(3)4/h9-14H,1-8H3/q+1. The second kappa shape index (κ2) is 9.18. The zero-order valence-electron chi connectivity index (χ0n) is 14.1. The van der Waals surface area contributed by atoms with Gasteiger partial charge in [0.2, 0.25) is 0 Å². The van der Waals surface area contributed by atoms with E-state index in [0.29, 0.717) is 11.8 Å². The largest absolute Gasteiger partial charge is 0.804 e. The van der Waals surface area contributed by atoms with Crippen molar-refractivity contribution in [2.75, 3.05) is 0 Å². The molecule has 0 bridgehead atoms. The van der Waals surface area contributed by atoms with Gasteiger partial charge in [-0.25, -0.2) is 9.05 Å². The maximum atomic E-state index is 12.1. The van der Waals surface area contributed by atoms with Gasteiger partial charge in [-0.1, -0.05) is 55.4 Å². The average molecular weight is 301 g/mol. The van der Waals surface area contributed by atoms with Crippen molar-refractivity contribution in [1.82, 2.24) is 0 Å². The molecule has 0 aromatic heterocycles. The summed E-state index contributed by atoms with van der Waals surface area (Å²) in [6.07, 6.45) is 3.98. The summed E-state index contributed by atoms with van der Waals surface area (Å²) >= 11 is 0. The van der Waals surface area contributed by atoms with Crippen LogP contribution in [-0.2, 0) is 13.6 Å². The summed E-state index contributed by atoms with van der Waals surface area (Å²) < 4.78 is 23.0. The summed E-state index contributed by atoms with van der Waals surface area (Å²) in [5.41, 5.74) is 0. The first-order valence-corrected chi connectivity index (χ1v) is 8.49. The van der Waals surface area contributed by atoms with E-state index in [9.17, 15) is 4.57 Å². The van der Waals surface area contributed by atoms with Gasteiger partial charge in [0, 0.05) is 16.4 Å². The van der Waals surface area contributed by atoms with Gasteiger partial charge in [-0.15, -0.1) is 0 Å². The van der Waals surface area contributed by atoms with Crippen molar-refractivity contribution in [3.8, 4) is 0 Å². The zero-order valence-corrected chi connectivity index (χ0v) is 15.0. The van der Waals surface area contributed by atoms with Crippen molar-refractivity contribution < 1.29 is 13.6 Å². The first-order chi connectivity index (χ1) is 9.13. The van der Waals surface area contributed by atoms with Gasteiger partial charge in [0.25, 0.3) is 0 Å². The molecule has 0 aliphatic rings. The first-order valence-electron chi connectivity index (χ1n) is 7.40. The van der Waals surface area contributed by atoms with Crippen LogP contribution in [0.3, 0.4) is 0 Å². The van der Waals surface area contributed by atoms with Gasteiger partial charge in [0.15, 0.2) is 11.5 Å². The van der Waals surface area contributed by atoms with E-state index < -0.39 is 8.25 Å². The lowest BCUT2D eigenvalue weighted by molar-refractivity contribution is 0.274. The van der Waals surface area contributed by atoms with Crippen LogP contribution >= 0.6 is 8.25 Å². The second-order valence-electron chi connectivity index (χ2n) is 6.34. The molecule has 0 aromatic rings. The maximum Gasteiger partial charge on any atom is 0.804 e. The number of rotatable bonds is 8. The summed E-state index contributed by atoms with van der Waals surface area (Å²) in [6, 6.07) is 0. The number of allylic oxidation sites excluding steroid dienone is 4. The van der Waals surface area contributed by atoms with Gasteiger partial charge in [-0.05, 0) is 24.0 Å². The predicted molar refractivity (Wildman–Crippen MR) is 85.3 cm³/mol. The predicted octanol–water partition coefficient (Wildman–Crippen LogP) is 6.07. The third-order valence-corrected chi connectivity index (χ3v) is 3.21. The zero-order chi connectivity index (χ0) is 15.9. The Hall–Kier alpha value is -0.820. The summed E-state index contributed by atoms with van der Waals surface area (Å²) in [5, 5.41) is 0. The lowest BCUT2D eigenvalue weighted by Gasteiger charge is -2.08. The molecule has 0 N–H and O–H groups in total. The van der Waals surface area contributed by atoms with Crippen LogP contribution in [0.15, 0.2) is 23.7 Å². The lowest BCUT2D eigenvalue weighted by Crippen LogP contribution is -2.01. The van der Waals surface area contributed by atoms with Crippen LogP contribution in [0.5, 0.6) is 0 Å². The van der Waals surface area contributed by atoms with Gasteiger partial charge in [0.05, 0.1) is 0 Å². The van der Waals surface area contributed by atoms with Gasteiger partial charge < -0.3 is 0 Å². The normalized spacial score (nSPS) is 14.5. The Balaban J connectivity index is 4.83. The molecule has 0 spiro atoms. The number of hydrogen-bond acceptors (Lipinski definition) is 3. The average Bonchev–Trinajstić information content (AvgIpc) is 2.25. The van der Waals surface area contributed by atoms with Crippen molar-refractivity contribution in [3.05, 3.63) is 23.7 Å². The highest BCUT2D eigenvalue weighted by Gasteiger charge is 2.29. The van der Waals surface area contributed by atoms with E-state index in [1.54, 1.807) is 0 Å². The van der Waals surface area contributed by atoms with Crippen molar-refractivity contribution in [2.45, 2.75) is 55.4 Å². The molecule has 0 amide bonds. The maximum absolute atomic E-state index is 12.1. The van der Waals surface area contributed by atoms with E-state index in [4.69, 9.17) is 9.05 Å². The van der Waals surface area contributed by atoms with Crippen LogP contribution in [0.1, 0.15) is 55.4 Å². The molecule has 0 radical (unpaired) electrons. The molecule has 116 valence electrons. The van der Waals surface area contributed by atoms with E-state index in [2.05, 4.69) is 27.7 Å². The Morgan fingerprint density at radius 1 is 0.750 bits per heavy atom. The van der Waals surface area contributed by atoms with E-state index in [1.807, 2.05) is 39.8 Å². The van der Waals surface area contributed by atoms with Crippen LogP contribution in [-0.4, -0.2) is 0 Å². The van der Waals surface area contributed by atoms with Gasteiger partial charge in [-0.2, -0.15) is 0 Å². The minimum absolute atomic E-state index is 0.191. The summed E-state index contributed by atoms with van der Waals surface area (Å²) in [5.74, 6) is 2.55. The molecule has 0 aliphatic heterocycles. The van der Waals surface area contributed by atoms with Crippen LogP contribution in [0.25, 0.3) is 0 Å². The Morgan fingerprint density at radius 2 is 1.05 bits per heavy atom. The minimum Gasteiger partial charge on any atom is -0.227 e. The Bertz CT molecular complexity index is 332. The topological polar surface area (TPSA) is 35.5 Å². The van der Waals surface area contributed by atoms with Crippen LogP contribution in [0.4, 0.5) is 0 Å². The molecule has 20 heavy (non-hydrogen) atoms. The smallest absolute Gasteiger partial charge is 0.227 e. The fraction of sp³-hybridized carbons (Fsp3) is 0.750. The fourth-order valence-electron chi connectivity index (χ4n) is 1.50. The van der Waals surface area contributed by atoms with Crippen molar-refractivity contribution in [3.63, 3.8) is 0 Å². The summed E-state index contributed by atoms with van der Waals surface area (Å²) in [4.78, 5) is 0. The first kappa shape index (κ1) is 19.2. The molecule has 0 heterocycles. The quantitative estimate of drug-likeness (QED) is 0.403.